The second-order valence-electron chi connectivity index (χ2n) is 36.0. The molecule has 3 aromatic carbocycles. The van der Waals surface area contributed by atoms with Gasteiger partial charge in [-0.05, 0) is 191 Å². The monoisotopic (exact) mass is 1950 g/mol. The van der Waals surface area contributed by atoms with E-state index in [1.807, 2.05) is 45.9 Å². The molecule has 18 rings (SSSR count). The van der Waals surface area contributed by atoms with Crippen LogP contribution >= 0.6 is 15.9 Å². The second-order valence-corrected chi connectivity index (χ2v) is 36.8. The van der Waals surface area contributed by atoms with Crippen molar-refractivity contribution in [2.45, 2.75) is 160 Å². The van der Waals surface area contributed by atoms with Gasteiger partial charge in [0.25, 0.3) is 27.8 Å². The minimum atomic E-state index is -0.817. The van der Waals surface area contributed by atoms with E-state index in [2.05, 4.69) is 61.5 Å². The highest BCUT2D eigenvalue weighted by Gasteiger charge is 2.52. The van der Waals surface area contributed by atoms with Crippen LogP contribution in [0.4, 0.5) is 35.9 Å². The summed E-state index contributed by atoms with van der Waals surface area (Å²) in [6, 6.07) is 17.3. The number of urea groups is 2. The number of imide groups is 2. The maximum Gasteiger partial charge on any atom is 0.496 e. The summed E-state index contributed by atoms with van der Waals surface area (Å²) in [5.74, 6) is -4.52. The number of piperidine rings is 4. The highest BCUT2D eigenvalue weighted by Crippen LogP contribution is 2.38. The fourth-order valence-electron chi connectivity index (χ4n) is 17.6. The van der Waals surface area contributed by atoms with Gasteiger partial charge in [0, 0.05) is 232 Å². The molecule has 7 aliphatic heterocycles. The number of nitrogens with zero attached hydrogens (tertiary/aromatic N) is 13. The van der Waals surface area contributed by atoms with Crippen molar-refractivity contribution in [3.05, 3.63) is 266 Å². The number of benzene rings is 3. The Morgan fingerprint density at radius 3 is 1.27 bits per heavy atom. The SMILES string of the molecule is Cn1cc(-c2cc(F)c(C=O)cc2F)c2ccncc2c1=O.Cn1cc(-c2cc(F)c(CN3CCC(OC4CCN(CCn5cccc(CN6CCC(=O)NC6=O)c5=O)CC4)CC3)cc2F)c2ccncc2c1=O.Cn1cc(B2OC(C)(C)C(C)(C)O2)c2ccncc2c1=O.O=C1CCN(Cc2cccn(CCN3CCC(OC4CCNCC4)CC3)c2=O)C(=O)N1.O=Cc1cc(F)c(Br)cc1F. The van der Waals surface area contributed by atoms with Crippen molar-refractivity contribution in [3.63, 3.8) is 0 Å². The molecule has 0 bridgehead atoms. The number of pyridine rings is 8. The largest absolute Gasteiger partial charge is 0.496 e. The number of aryl methyl sites for hydroxylation is 3. The van der Waals surface area contributed by atoms with Crippen LogP contribution in [0.1, 0.15) is 129 Å². The molecule has 137 heavy (non-hydrogen) atoms. The van der Waals surface area contributed by atoms with Crippen LogP contribution in [0.2, 0.25) is 0 Å². The van der Waals surface area contributed by atoms with Crippen LogP contribution in [-0.4, -0.2) is 220 Å². The number of amides is 6. The first-order valence-electron chi connectivity index (χ1n) is 45.5. The van der Waals surface area contributed by atoms with Crippen molar-refractivity contribution >= 4 is 97.3 Å². The molecule has 11 aromatic rings. The highest BCUT2D eigenvalue weighted by molar-refractivity contribution is 9.10. The number of fused-ring (bicyclic) bond motifs is 3. The third-order valence-corrected chi connectivity index (χ3v) is 26.8. The van der Waals surface area contributed by atoms with E-state index in [1.165, 1.54) is 75.3 Å². The normalized spacial score (nSPS) is 17.5. The van der Waals surface area contributed by atoms with Gasteiger partial charge in [-0.3, -0.25) is 73.6 Å². The fraction of sp³-hybridized carbons (Fsp3) is 0.408. The summed E-state index contributed by atoms with van der Waals surface area (Å²) >= 11 is 2.78. The van der Waals surface area contributed by atoms with Crippen molar-refractivity contribution in [1.29, 1.82) is 0 Å². The smallest absolute Gasteiger partial charge is 0.399 e. The van der Waals surface area contributed by atoms with Gasteiger partial charge < -0.3 is 66.5 Å². The van der Waals surface area contributed by atoms with E-state index in [4.69, 9.17) is 18.8 Å². The van der Waals surface area contributed by atoms with E-state index in [9.17, 15) is 70.3 Å². The Balaban J connectivity index is 0.000000150. The molecule has 39 heteroatoms. The Hall–Kier alpha value is -12.3. The predicted molar refractivity (Wildman–Crippen MR) is 506 cm³/mol. The first-order chi connectivity index (χ1) is 65.6. The van der Waals surface area contributed by atoms with Gasteiger partial charge in [-0.25, -0.2) is 35.9 Å². The Kier molecular flexibility index (Phi) is 32.9. The molecular formula is C98H108BBrF6N16O15. The van der Waals surface area contributed by atoms with Crippen LogP contribution in [0, 0.1) is 34.9 Å². The van der Waals surface area contributed by atoms with Gasteiger partial charge in [-0.15, -0.1) is 0 Å². The average molecular weight is 1950 g/mol. The third-order valence-electron chi connectivity index (χ3n) is 26.2. The van der Waals surface area contributed by atoms with Gasteiger partial charge in [0.05, 0.1) is 80.5 Å². The first-order valence-corrected chi connectivity index (χ1v) is 46.3. The van der Waals surface area contributed by atoms with Gasteiger partial charge in [0.2, 0.25) is 11.8 Å². The van der Waals surface area contributed by atoms with Crippen molar-refractivity contribution in [2.24, 2.45) is 21.1 Å². The number of hydrogen-bond acceptors (Lipinski definition) is 22. The lowest BCUT2D eigenvalue weighted by atomic mass is 9.77. The number of aldehydes is 2. The van der Waals surface area contributed by atoms with E-state index < -0.39 is 65.3 Å². The Morgan fingerprint density at radius 1 is 0.431 bits per heavy atom. The number of rotatable bonds is 21. The van der Waals surface area contributed by atoms with E-state index in [0.29, 0.717) is 99.7 Å². The molecular weight excluding hydrogens is 1850 g/mol. The zero-order chi connectivity index (χ0) is 97.7. The summed E-state index contributed by atoms with van der Waals surface area (Å²) in [6.07, 6.45) is 27.2. The van der Waals surface area contributed by atoms with Gasteiger partial charge >= 0.3 is 19.2 Å². The van der Waals surface area contributed by atoms with Crippen LogP contribution < -0.4 is 49.2 Å². The van der Waals surface area contributed by atoms with Crippen LogP contribution in [0.25, 0.3) is 54.6 Å². The van der Waals surface area contributed by atoms with Gasteiger partial charge in [0.15, 0.2) is 12.6 Å². The molecule has 0 atom stereocenters. The molecule has 6 amide bonds. The summed E-state index contributed by atoms with van der Waals surface area (Å²) in [5.41, 5.74) is 0.873. The number of carbonyl (C=O) groups excluding carboxylic acids is 6. The van der Waals surface area contributed by atoms with Crippen molar-refractivity contribution in [2.75, 3.05) is 78.5 Å². The van der Waals surface area contributed by atoms with Crippen molar-refractivity contribution in [3.8, 4) is 22.3 Å². The maximum atomic E-state index is 15.5. The Bertz CT molecular complexity index is 6640. The van der Waals surface area contributed by atoms with Gasteiger partial charge in [0.1, 0.15) is 34.9 Å². The summed E-state index contributed by atoms with van der Waals surface area (Å²) in [6.45, 7) is 19.3. The van der Waals surface area contributed by atoms with Crippen LogP contribution in [-0.2, 0) is 82.2 Å². The van der Waals surface area contributed by atoms with Crippen LogP contribution in [0.5, 0.6) is 0 Å². The fourth-order valence-corrected chi connectivity index (χ4v) is 17.9. The average Bonchev–Trinajstić information content (AvgIpc) is 1.62. The minimum absolute atomic E-state index is 0.0144. The van der Waals surface area contributed by atoms with Crippen molar-refractivity contribution in [1.82, 2.24) is 78.2 Å². The number of ether oxygens (including phenoxy) is 2. The quantitative estimate of drug-likeness (QED) is 0.0260. The molecule has 0 unspecified atom stereocenters. The van der Waals surface area contributed by atoms with E-state index in [1.54, 1.807) is 83.0 Å². The molecule has 7 fully saturated rings. The molecule has 8 aromatic heterocycles. The standard InChI is InChI=1S/C38H43F2N7O5.C22H33N5O4.C16H10F2N2O2.C15H19BN2O3.C7H3BrF2O/c1-43-24-32(29-4-10-41-21-31(29)37(43)50)30-20-33(39)26(19-34(30)40)22-45-14-7-28(8-15-45)52-27-5-12-44(13-6-27)17-18-46-11-2-3-25(36(46)49)23-47-16-9-35(48)42-38(47)51;28-20-7-13-27(22(30)24-20)16-17-2-1-10-26(21(17)29)15-14-25-11-5-19(6-12-25)31-18-3-8-23-9-4-18;1-20-7-13(10-2-3-19-6-12(10)16(20)22)11-5-14(17)9(8-21)4-15(11)18;1-14(2)15(3,4)21-16(20-14)12-9-18(5)13(19)11-8-17-7-6-10(11)12;8-5-2-6(9)4(3-11)1-7(5)10/h2-4,10-11,19-21,24,27-28H,5-9,12-18,22-23H2,1H3,(H,42,48,51);1-2,10,18-19,23H,3-9,11-16H2,(H,24,28,30);2-8H,1H3;6-9H,1-5H3;1-3H. The number of halogens is 7. The number of aromatic nitrogens is 8. The topological polar surface area (TPSA) is 340 Å². The third kappa shape index (κ3) is 24.4. The lowest BCUT2D eigenvalue weighted by Gasteiger charge is -2.37. The van der Waals surface area contributed by atoms with E-state index >= 15 is 8.78 Å². The minimum Gasteiger partial charge on any atom is -0.399 e. The van der Waals surface area contributed by atoms with Crippen LogP contribution in [0.3, 0.4) is 0 Å². The summed E-state index contributed by atoms with van der Waals surface area (Å²) in [7, 11) is 4.33. The predicted octanol–water partition coefficient (Wildman–Crippen LogP) is 10.6. The molecule has 7 saturated heterocycles. The molecule has 15 heterocycles. The summed E-state index contributed by atoms with van der Waals surface area (Å²) in [5, 5.41) is 11.0. The number of carbonyl (C=O) groups is 6. The van der Waals surface area contributed by atoms with Crippen LogP contribution in [0.15, 0.2) is 175 Å². The van der Waals surface area contributed by atoms with Crippen molar-refractivity contribution < 1.29 is 73.9 Å². The molecule has 0 spiro atoms. The molecule has 0 radical (unpaired) electrons. The molecule has 7 aliphatic rings. The van der Waals surface area contributed by atoms with Gasteiger partial charge in [-0.2, -0.15) is 0 Å². The zero-order valence-electron chi connectivity index (χ0n) is 77.1. The summed E-state index contributed by atoms with van der Waals surface area (Å²) < 4.78 is 117. The summed E-state index contributed by atoms with van der Waals surface area (Å²) in [4.78, 5) is 152. The lowest BCUT2D eigenvalue weighted by Crippen LogP contribution is -2.49. The highest BCUT2D eigenvalue weighted by atomic mass is 79.9. The number of hydrogen-bond donors (Lipinski definition) is 3. The molecule has 31 nitrogen and oxygen atoms in total. The zero-order valence-corrected chi connectivity index (χ0v) is 78.7. The molecule has 0 aliphatic carbocycles. The Morgan fingerprint density at radius 2 is 0.825 bits per heavy atom. The molecule has 0 saturated carbocycles. The van der Waals surface area contributed by atoms with Gasteiger partial charge in [-0.1, -0.05) is 12.1 Å². The Labute approximate surface area is 793 Å². The number of likely N-dealkylation sites (tertiary alicyclic amines) is 3. The first kappa shape index (κ1) is 101. The maximum absolute atomic E-state index is 15.5. The molecule has 722 valence electrons. The second kappa shape index (κ2) is 44.9. The van der Waals surface area contributed by atoms with E-state index in [-0.39, 0.29) is 117 Å². The van der Waals surface area contributed by atoms with E-state index in [0.717, 1.165) is 152 Å². The molecule has 3 N–H and O–H groups in total. The number of nitrogens with one attached hydrogen (secondary N) is 3. The lowest BCUT2D eigenvalue weighted by molar-refractivity contribution is -0.122.